The smallest absolute Gasteiger partial charge is 0.352 e. The first-order chi connectivity index (χ1) is 11.1. The molecule has 1 heterocycles. The molecule has 0 unspecified atom stereocenters. The summed E-state index contributed by atoms with van der Waals surface area (Å²) in [5.74, 6) is -1.30. The largest absolute Gasteiger partial charge is 0.477 e. The predicted octanol–water partition coefficient (Wildman–Crippen LogP) is 3.99. The second-order valence-electron chi connectivity index (χ2n) is 5.42. The first-order valence-corrected chi connectivity index (χ1v) is 7.44. The van der Waals surface area contributed by atoms with Gasteiger partial charge in [0.15, 0.2) is 0 Å². The van der Waals surface area contributed by atoms with Crippen LogP contribution in [0.4, 0.5) is 4.39 Å². The number of carboxylic acids is 1. The molecule has 0 saturated carbocycles. The van der Waals surface area contributed by atoms with Crippen molar-refractivity contribution in [1.29, 1.82) is 0 Å². The van der Waals surface area contributed by atoms with Crippen molar-refractivity contribution >= 4 is 29.3 Å². The van der Waals surface area contributed by atoms with E-state index in [1.807, 2.05) is 6.07 Å². The summed E-state index contributed by atoms with van der Waals surface area (Å²) >= 11 is 0. The number of aryl methyl sites for hydroxylation is 1. The van der Waals surface area contributed by atoms with Gasteiger partial charge in [-0.25, -0.2) is 9.18 Å². The van der Waals surface area contributed by atoms with Crippen LogP contribution in [0.2, 0.25) is 0 Å². The number of nitrogens with one attached hydrogen (secondary N) is 1. The number of nitrogens with two attached hydrogens (primary N) is 1. The molecule has 0 atom stereocenters. The zero-order valence-electron chi connectivity index (χ0n) is 12.9. The van der Waals surface area contributed by atoms with Crippen LogP contribution in [0, 0.1) is 5.82 Å². The van der Waals surface area contributed by atoms with Crippen molar-refractivity contribution in [2.45, 2.75) is 12.8 Å². The van der Waals surface area contributed by atoms with E-state index >= 15 is 0 Å². The highest BCUT2D eigenvalue weighted by Gasteiger charge is 2.17. The molecule has 3 rings (SSSR count). The summed E-state index contributed by atoms with van der Waals surface area (Å²) in [6.45, 7) is 0.485. The van der Waals surface area contributed by atoms with E-state index in [1.165, 1.54) is 6.07 Å². The summed E-state index contributed by atoms with van der Waals surface area (Å²) in [7, 11) is 0. The average molecular weight is 349 g/mol. The van der Waals surface area contributed by atoms with Crippen LogP contribution in [0.15, 0.2) is 42.5 Å². The molecule has 3 aromatic rings. The fourth-order valence-corrected chi connectivity index (χ4v) is 2.83. The van der Waals surface area contributed by atoms with Crippen LogP contribution in [-0.2, 0) is 6.42 Å². The van der Waals surface area contributed by atoms with Crippen molar-refractivity contribution in [1.82, 2.24) is 4.98 Å². The lowest BCUT2D eigenvalue weighted by Gasteiger charge is -2.05. The zero-order chi connectivity index (χ0) is 16.4. The van der Waals surface area contributed by atoms with Gasteiger partial charge in [0, 0.05) is 16.5 Å². The summed E-state index contributed by atoms with van der Waals surface area (Å²) < 4.78 is 14.0. The number of benzene rings is 2. The highest BCUT2D eigenvalue weighted by Crippen LogP contribution is 2.30. The van der Waals surface area contributed by atoms with Crippen molar-refractivity contribution in [3.63, 3.8) is 0 Å². The highest BCUT2D eigenvalue weighted by molar-refractivity contribution is 5.98. The number of halogens is 2. The lowest BCUT2D eigenvalue weighted by molar-refractivity contribution is 0.0690. The lowest BCUT2D eigenvalue weighted by atomic mass is 9.99. The van der Waals surface area contributed by atoms with Gasteiger partial charge in [-0.1, -0.05) is 24.3 Å². The maximum Gasteiger partial charge on any atom is 0.352 e. The van der Waals surface area contributed by atoms with E-state index in [-0.39, 0.29) is 23.9 Å². The van der Waals surface area contributed by atoms with E-state index in [0.717, 1.165) is 22.0 Å². The van der Waals surface area contributed by atoms with Crippen molar-refractivity contribution in [2.75, 3.05) is 6.54 Å². The second kappa shape index (κ2) is 7.47. The number of aromatic nitrogens is 1. The van der Waals surface area contributed by atoms with Gasteiger partial charge in [-0.15, -0.1) is 12.4 Å². The van der Waals surface area contributed by atoms with Crippen LogP contribution in [0.25, 0.3) is 22.0 Å². The minimum absolute atomic E-state index is 0. The molecule has 0 amide bonds. The van der Waals surface area contributed by atoms with E-state index in [4.69, 9.17) is 5.73 Å². The van der Waals surface area contributed by atoms with Crippen LogP contribution in [0.3, 0.4) is 0 Å². The molecule has 0 fully saturated rings. The number of H-pyrrole nitrogens is 1. The zero-order valence-corrected chi connectivity index (χ0v) is 13.7. The third kappa shape index (κ3) is 3.27. The Morgan fingerprint density at radius 1 is 1.21 bits per heavy atom. The normalized spacial score (nSPS) is 10.6. The molecule has 126 valence electrons. The van der Waals surface area contributed by atoms with E-state index in [0.29, 0.717) is 24.9 Å². The number of aromatic amines is 1. The fourth-order valence-electron chi connectivity index (χ4n) is 2.83. The van der Waals surface area contributed by atoms with E-state index < -0.39 is 5.97 Å². The summed E-state index contributed by atoms with van der Waals surface area (Å²) in [5, 5.41) is 10.2. The van der Waals surface area contributed by atoms with Gasteiger partial charge in [0.05, 0.1) is 0 Å². The molecular formula is C18H18ClFN2O2. The molecule has 6 heteroatoms. The van der Waals surface area contributed by atoms with Gasteiger partial charge in [0.25, 0.3) is 0 Å². The molecule has 4 N–H and O–H groups in total. The average Bonchev–Trinajstić information content (AvgIpc) is 2.91. The number of hydrogen-bond donors (Lipinski definition) is 3. The first-order valence-electron chi connectivity index (χ1n) is 7.44. The molecular weight excluding hydrogens is 331 g/mol. The fraction of sp³-hybridized carbons (Fsp3) is 0.167. The number of aromatic carboxylic acids is 1. The molecule has 0 aliphatic carbocycles. The summed E-state index contributed by atoms with van der Waals surface area (Å²) in [4.78, 5) is 14.4. The minimum atomic E-state index is -0.999. The highest BCUT2D eigenvalue weighted by atomic mass is 35.5. The number of carboxylic acid groups (broad SMARTS) is 1. The lowest BCUT2D eigenvalue weighted by Crippen LogP contribution is -2.05. The maximum atomic E-state index is 14.0. The Hall–Kier alpha value is -2.37. The Kier molecular flexibility index (Phi) is 5.59. The molecule has 0 aliphatic rings. The Morgan fingerprint density at radius 2 is 1.96 bits per heavy atom. The van der Waals surface area contributed by atoms with Gasteiger partial charge in [-0.2, -0.15) is 0 Å². The Balaban J connectivity index is 0.00000208. The van der Waals surface area contributed by atoms with Crippen molar-refractivity contribution in [3.8, 4) is 11.1 Å². The third-order valence-corrected chi connectivity index (χ3v) is 3.94. The predicted molar refractivity (Wildman–Crippen MR) is 95.3 cm³/mol. The summed E-state index contributed by atoms with van der Waals surface area (Å²) in [6.07, 6.45) is 1.26. The molecule has 4 nitrogen and oxygen atoms in total. The molecule has 0 bridgehead atoms. The molecule has 0 aliphatic heterocycles. The Morgan fingerprint density at radius 3 is 2.62 bits per heavy atom. The molecule has 1 aromatic heterocycles. The second-order valence-corrected chi connectivity index (χ2v) is 5.42. The van der Waals surface area contributed by atoms with Crippen LogP contribution in [0.1, 0.15) is 22.5 Å². The van der Waals surface area contributed by atoms with Crippen LogP contribution in [0.5, 0.6) is 0 Å². The first kappa shape index (κ1) is 18.0. The quantitative estimate of drug-likeness (QED) is 0.652. The van der Waals surface area contributed by atoms with Crippen molar-refractivity contribution < 1.29 is 14.3 Å². The third-order valence-electron chi connectivity index (χ3n) is 3.94. The van der Waals surface area contributed by atoms with Crippen LogP contribution >= 0.6 is 12.4 Å². The van der Waals surface area contributed by atoms with Crippen molar-refractivity contribution in [3.05, 3.63) is 59.5 Å². The SMILES string of the molecule is Cl.NCCCc1c(C(=O)O)[nH]c2ccc(-c3ccccc3F)cc12. The molecule has 0 radical (unpaired) electrons. The minimum Gasteiger partial charge on any atom is -0.477 e. The van der Waals surface area contributed by atoms with Crippen LogP contribution < -0.4 is 5.73 Å². The molecule has 24 heavy (non-hydrogen) atoms. The standard InChI is InChI=1S/C18H17FN2O2.ClH/c19-15-6-2-1-4-12(15)11-7-8-16-14(10-11)13(5-3-9-20)17(21-16)18(22)23;/h1-2,4,6-8,10,21H,3,5,9,20H2,(H,22,23);1H. The Labute approximate surface area is 144 Å². The monoisotopic (exact) mass is 348 g/mol. The summed E-state index contributed by atoms with van der Waals surface area (Å²) in [6, 6.07) is 11.9. The topological polar surface area (TPSA) is 79.1 Å². The number of fused-ring (bicyclic) bond motifs is 1. The van der Waals surface area contributed by atoms with E-state index in [2.05, 4.69) is 4.98 Å². The van der Waals surface area contributed by atoms with Gasteiger partial charge in [0.2, 0.25) is 0 Å². The molecule has 0 spiro atoms. The van der Waals surface area contributed by atoms with Crippen molar-refractivity contribution in [2.24, 2.45) is 5.73 Å². The van der Waals surface area contributed by atoms with E-state index in [1.54, 1.807) is 30.3 Å². The number of hydrogen-bond acceptors (Lipinski definition) is 2. The maximum absolute atomic E-state index is 14.0. The van der Waals surface area contributed by atoms with E-state index in [9.17, 15) is 14.3 Å². The molecule has 2 aromatic carbocycles. The molecule has 0 saturated heterocycles. The van der Waals surface area contributed by atoms with Gasteiger partial charge in [0.1, 0.15) is 11.5 Å². The summed E-state index contributed by atoms with van der Waals surface area (Å²) in [5.41, 5.74) is 8.40. The Bertz CT molecular complexity index is 877. The van der Waals surface area contributed by atoms with Gasteiger partial charge in [-0.3, -0.25) is 0 Å². The van der Waals surface area contributed by atoms with Crippen LogP contribution in [-0.4, -0.2) is 22.6 Å². The van der Waals surface area contributed by atoms with Gasteiger partial charge >= 0.3 is 5.97 Å². The number of carbonyl (C=O) groups is 1. The number of rotatable bonds is 5. The van der Waals surface area contributed by atoms with Gasteiger partial charge < -0.3 is 15.8 Å². The van der Waals surface area contributed by atoms with Gasteiger partial charge in [-0.05, 0) is 48.7 Å².